The molecule has 0 aliphatic heterocycles. The van der Waals surface area contributed by atoms with E-state index in [0.717, 1.165) is 24.8 Å². The normalized spacial score (nSPS) is 38.5. The first-order chi connectivity index (χ1) is 10.6. The molecule has 0 radical (unpaired) electrons. The van der Waals surface area contributed by atoms with Gasteiger partial charge in [0, 0.05) is 17.8 Å². The third kappa shape index (κ3) is 1.57. The first-order valence-electron chi connectivity index (χ1n) is 8.39. The highest BCUT2D eigenvalue weighted by molar-refractivity contribution is 6.03. The highest BCUT2D eigenvalue weighted by Gasteiger charge is 2.82. The number of hydrogen-bond donors (Lipinski definition) is 0. The van der Waals surface area contributed by atoms with Crippen molar-refractivity contribution in [3.8, 4) is 0 Å². The topological polar surface area (TPSA) is 43.4 Å². The third-order valence-corrected chi connectivity index (χ3v) is 6.12. The summed E-state index contributed by atoms with van der Waals surface area (Å²) < 4.78 is 5.41. The van der Waals surface area contributed by atoms with Gasteiger partial charge in [-0.1, -0.05) is 36.2 Å². The number of fused-ring (bicyclic) bond motifs is 3. The Bertz CT molecular complexity index is 633. The maximum atomic E-state index is 12.8. The van der Waals surface area contributed by atoms with Gasteiger partial charge in [-0.05, 0) is 38.2 Å². The number of aryl methyl sites for hydroxylation is 1. The van der Waals surface area contributed by atoms with E-state index in [-0.39, 0.29) is 29.6 Å². The van der Waals surface area contributed by atoms with Crippen LogP contribution in [0.2, 0.25) is 0 Å². The average molecular weight is 298 g/mol. The Labute approximate surface area is 131 Å². The van der Waals surface area contributed by atoms with Gasteiger partial charge >= 0.3 is 5.97 Å². The van der Waals surface area contributed by atoms with Crippen LogP contribution in [-0.2, 0) is 14.3 Å². The second-order valence-electron chi connectivity index (χ2n) is 7.07. The maximum absolute atomic E-state index is 12.8. The summed E-state index contributed by atoms with van der Waals surface area (Å²) in [6, 6.07) is 8.30. The molecule has 0 heterocycles. The Hall–Kier alpha value is -1.64. The van der Waals surface area contributed by atoms with Gasteiger partial charge in [0.05, 0.1) is 12.0 Å². The molecule has 0 unspecified atom stereocenters. The first kappa shape index (κ1) is 14.0. The van der Waals surface area contributed by atoms with Gasteiger partial charge in [-0.2, -0.15) is 0 Å². The molecule has 1 aromatic rings. The number of rotatable bonds is 3. The van der Waals surface area contributed by atoms with Crippen LogP contribution in [0.3, 0.4) is 0 Å². The van der Waals surface area contributed by atoms with Crippen molar-refractivity contribution >= 4 is 11.8 Å². The molecule has 0 saturated heterocycles. The number of esters is 1. The molecule has 3 fully saturated rings. The van der Waals surface area contributed by atoms with Gasteiger partial charge in [0.15, 0.2) is 0 Å². The molecular formula is C19H22O3. The summed E-state index contributed by atoms with van der Waals surface area (Å²) in [7, 11) is 0. The van der Waals surface area contributed by atoms with Gasteiger partial charge in [-0.3, -0.25) is 9.59 Å². The van der Waals surface area contributed by atoms with E-state index in [4.69, 9.17) is 4.74 Å². The Morgan fingerprint density at radius 3 is 2.64 bits per heavy atom. The van der Waals surface area contributed by atoms with E-state index in [1.807, 2.05) is 6.92 Å². The molecule has 3 saturated carbocycles. The van der Waals surface area contributed by atoms with Gasteiger partial charge in [0.1, 0.15) is 5.78 Å². The zero-order chi connectivity index (χ0) is 15.5. The van der Waals surface area contributed by atoms with Gasteiger partial charge in [0.2, 0.25) is 0 Å². The highest BCUT2D eigenvalue weighted by Crippen LogP contribution is 2.78. The van der Waals surface area contributed by atoms with E-state index in [1.165, 1.54) is 5.56 Å². The molecule has 0 aromatic heterocycles. The van der Waals surface area contributed by atoms with Gasteiger partial charge < -0.3 is 4.74 Å². The summed E-state index contributed by atoms with van der Waals surface area (Å²) >= 11 is 0. The monoisotopic (exact) mass is 298 g/mol. The van der Waals surface area contributed by atoms with Crippen LogP contribution in [0.4, 0.5) is 0 Å². The molecule has 22 heavy (non-hydrogen) atoms. The molecule has 116 valence electrons. The Morgan fingerprint density at radius 2 is 1.95 bits per heavy atom. The van der Waals surface area contributed by atoms with Gasteiger partial charge in [-0.15, -0.1) is 0 Å². The number of ether oxygens (including phenoxy) is 1. The zero-order valence-electron chi connectivity index (χ0n) is 13.2. The van der Waals surface area contributed by atoms with E-state index in [2.05, 4.69) is 31.2 Å². The Balaban J connectivity index is 1.76. The fraction of sp³-hybridized carbons (Fsp3) is 0.579. The third-order valence-electron chi connectivity index (χ3n) is 6.12. The Morgan fingerprint density at radius 1 is 1.23 bits per heavy atom. The second-order valence-corrected chi connectivity index (χ2v) is 7.07. The molecular weight excluding hydrogens is 276 g/mol. The van der Waals surface area contributed by atoms with Crippen molar-refractivity contribution in [2.24, 2.45) is 23.2 Å². The molecule has 5 atom stereocenters. The number of benzene rings is 1. The first-order valence-corrected chi connectivity index (χ1v) is 8.39. The van der Waals surface area contributed by atoms with E-state index >= 15 is 0 Å². The minimum absolute atomic E-state index is 0.0407. The molecule has 0 bridgehead atoms. The van der Waals surface area contributed by atoms with Crippen molar-refractivity contribution in [3.05, 3.63) is 35.4 Å². The van der Waals surface area contributed by atoms with Crippen molar-refractivity contribution in [1.29, 1.82) is 0 Å². The summed E-state index contributed by atoms with van der Waals surface area (Å²) in [5.74, 6) is 0.407. The van der Waals surface area contributed by atoms with Crippen molar-refractivity contribution in [2.75, 3.05) is 6.61 Å². The standard InChI is InChI=1S/C19H22O3/c1-3-22-18(21)19-14-6-4-5-13(14)17(20)16(19)15(19)12-9-7-11(2)8-10-12/h7-10,13-16H,3-6H2,1-2H3/t13-,14+,15+,16-,19+/m0/s1. The van der Waals surface area contributed by atoms with Crippen LogP contribution < -0.4 is 0 Å². The number of ketones is 1. The van der Waals surface area contributed by atoms with Gasteiger partial charge in [0.25, 0.3) is 0 Å². The van der Waals surface area contributed by atoms with Crippen LogP contribution in [0.5, 0.6) is 0 Å². The lowest BCUT2D eigenvalue weighted by molar-refractivity contribution is -0.152. The van der Waals surface area contributed by atoms with Crippen LogP contribution in [0.15, 0.2) is 24.3 Å². The molecule has 3 aliphatic rings. The number of Topliss-reactive ketones (excluding diaryl/α,β-unsaturated/α-hetero) is 1. The summed E-state index contributed by atoms with van der Waals surface area (Å²) in [6.45, 7) is 4.28. The van der Waals surface area contributed by atoms with Crippen molar-refractivity contribution < 1.29 is 14.3 Å². The average Bonchev–Trinajstić information content (AvgIpc) is 2.83. The van der Waals surface area contributed by atoms with Gasteiger partial charge in [-0.25, -0.2) is 0 Å². The lowest BCUT2D eigenvalue weighted by atomic mass is 9.80. The second kappa shape index (κ2) is 4.68. The van der Waals surface area contributed by atoms with Crippen molar-refractivity contribution in [2.45, 2.75) is 39.0 Å². The minimum atomic E-state index is -0.552. The van der Waals surface area contributed by atoms with E-state index in [9.17, 15) is 9.59 Å². The molecule has 1 aromatic carbocycles. The molecule has 3 heteroatoms. The zero-order valence-corrected chi connectivity index (χ0v) is 13.2. The Kier molecular flexibility index (Phi) is 2.97. The van der Waals surface area contributed by atoms with Crippen LogP contribution in [0.1, 0.15) is 43.2 Å². The molecule has 0 spiro atoms. The SMILES string of the molecule is CCOC(=O)[C@@]12[C@@H]3CCC[C@@H]3C(=O)[C@@H]1[C@H]2c1ccc(C)cc1. The fourth-order valence-corrected chi connectivity index (χ4v) is 5.27. The van der Waals surface area contributed by atoms with E-state index in [1.54, 1.807) is 0 Å². The molecule has 3 aliphatic carbocycles. The lowest BCUT2D eigenvalue weighted by Crippen LogP contribution is -2.29. The minimum Gasteiger partial charge on any atom is -0.466 e. The van der Waals surface area contributed by atoms with Crippen LogP contribution >= 0.6 is 0 Å². The summed E-state index contributed by atoms with van der Waals surface area (Å²) in [6.07, 6.45) is 3.02. The molecule has 4 rings (SSSR count). The number of carbonyl (C=O) groups excluding carboxylic acids is 2. The van der Waals surface area contributed by atoms with Crippen LogP contribution in [0.25, 0.3) is 0 Å². The predicted octanol–water partition coefficient (Wildman–Crippen LogP) is 3.26. The molecule has 0 N–H and O–H groups in total. The van der Waals surface area contributed by atoms with E-state index < -0.39 is 5.41 Å². The van der Waals surface area contributed by atoms with Crippen molar-refractivity contribution in [3.63, 3.8) is 0 Å². The predicted molar refractivity (Wildman–Crippen MR) is 82.3 cm³/mol. The van der Waals surface area contributed by atoms with Crippen LogP contribution in [0, 0.1) is 30.1 Å². The van der Waals surface area contributed by atoms with E-state index in [0.29, 0.717) is 12.4 Å². The fourth-order valence-electron chi connectivity index (χ4n) is 5.27. The maximum Gasteiger partial charge on any atom is 0.313 e. The summed E-state index contributed by atoms with van der Waals surface area (Å²) in [4.78, 5) is 25.6. The summed E-state index contributed by atoms with van der Waals surface area (Å²) in [5.41, 5.74) is 1.77. The summed E-state index contributed by atoms with van der Waals surface area (Å²) in [5, 5.41) is 0. The van der Waals surface area contributed by atoms with Crippen LogP contribution in [-0.4, -0.2) is 18.4 Å². The molecule has 3 nitrogen and oxygen atoms in total. The number of hydrogen-bond acceptors (Lipinski definition) is 3. The smallest absolute Gasteiger partial charge is 0.313 e. The van der Waals surface area contributed by atoms with Crippen molar-refractivity contribution in [1.82, 2.24) is 0 Å². The number of carbonyl (C=O) groups is 2. The highest BCUT2D eigenvalue weighted by atomic mass is 16.5. The quantitative estimate of drug-likeness (QED) is 0.805. The largest absolute Gasteiger partial charge is 0.466 e. The molecule has 0 amide bonds. The lowest BCUT2D eigenvalue weighted by Gasteiger charge is -2.23.